The van der Waals surface area contributed by atoms with Crippen molar-refractivity contribution in [3.05, 3.63) is 118 Å². The van der Waals surface area contributed by atoms with Crippen molar-refractivity contribution in [3.8, 4) is 22.5 Å². The number of hydrogen-bond acceptors (Lipinski definition) is 11. The normalized spacial score (nSPS) is 17.9. The van der Waals surface area contributed by atoms with E-state index in [1.165, 1.54) is 12.1 Å². The number of carbonyl (C=O) groups excluding carboxylic acids is 4. The molecule has 0 spiro atoms. The molecule has 2 N–H and O–H groups in total. The van der Waals surface area contributed by atoms with E-state index in [1.54, 1.807) is 55.2 Å². The van der Waals surface area contributed by atoms with Crippen molar-refractivity contribution in [1.29, 1.82) is 0 Å². The number of piperazine rings is 2. The third kappa shape index (κ3) is 11.1. The van der Waals surface area contributed by atoms with Gasteiger partial charge in [-0.15, -0.1) is 5.10 Å². The van der Waals surface area contributed by atoms with Crippen LogP contribution < -0.4 is 0 Å². The molecule has 21 heteroatoms. The Morgan fingerprint density at radius 1 is 0.667 bits per heavy atom. The van der Waals surface area contributed by atoms with Gasteiger partial charge in [0, 0.05) is 79.0 Å². The molecular weight excluding hydrogens is 981 g/mol. The molecule has 75 heavy (non-hydrogen) atoms. The molecule has 0 atom stereocenters. The summed E-state index contributed by atoms with van der Waals surface area (Å²) in [5.41, 5.74) is 6.36. The van der Waals surface area contributed by atoms with Crippen LogP contribution in [0, 0.1) is 24.6 Å². The summed E-state index contributed by atoms with van der Waals surface area (Å²) in [6.45, 7) is 16.7. The number of H-pyrrole nitrogens is 1. The first kappa shape index (κ1) is 52.3. The maximum Gasteiger partial charge on any atom is 0.306 e. The molecule has 5 aromatic heterocycles. The average molecular weight is 1040 g/mol. The number of nitrogens with one attached hydrogen (secondary N) is 1. The van der Waals surface area contributed by atoms with Gasteiger partial charge < -0.3 is 24.7 Å². The van der Waals surface area contributed by atoms with Gasteiger partial charge >= 0.3 is 5.97 Å². The van der Waals surface area contributed by atoms with E-state index < -0.39 is 11.5 Å². The highest BCUT2D eigenvalue weighted by Crippen LogP contribution is 2.34. The Morgan fingerprint density at radius 3 is 1.63 bits per heavy atom. The van der Waals surface area contributed by atoms with Crippen LogP contribution in [0.5, 0.6) is 0 Å². The van der Waals surface area contributed by atoms with E-state index in [4.69, 9.17) is 21.7 Å². The molecule has 19 nitrogen and oxygen atoms in total. The smallest absolute Gasteiger partial charge is 0.306 e. The quantitative estimate of drug-likeness (QED) is 0.141. The van der Waals surface area contributed by atoms with Crippen LogP contribution in [0.2, 0.25) is 5.02 Å². The van der Waals surface area contributed by atoms with E-state index in [2.05, 4.69) is 39.1 Å². The first-order valence-corrected chi connectivity index (χ1v) is 25.8. The van der Waals surface area contributed by atoms with Gasteiger partial charge in [-0.25, -0.2) is 28.4 Å². The maximum absolute atomic E-state index is 13.8. The highest BCUT2D eigenvalue weighted by atomic mass is 35.5. The number of aromatic nitrogens is 9. The molecule has 0 bridgehead atoms. The molecule has 2 aliphatic heterocycles. The summed E-state index contributed by atoms with van der Waals surface area (Å²) in [7, 11) is 0. The predicted molar refractivity (Wildman–Crippen MR) is 278 cm³/mol. The Morgan fingerprint density at radius 2 is 1.15 bits per heavy atom. The van der Waals surface area contributed by atoms with Crippen LogP contribution in [-0.4, -0.2) is 150 Å². The Hall–Kier alpha value is -7.61. The zero-order valence-corrected chi connectivity index (χ0v) is 43.9. The molecule has 1 saturated carbocycles. The van der Waals surface area contributed by atoms with Crippen molar-refractivity contribution in [2.24, 2.45) is 11.8 Å². The lowest BCUT2D eigenvalue weighted by Gasteiger charge is -2.47. The lowest BCUT2D eigenvalue weighted by atomic mass is 9.81. The second-order valence-corrected chi connectivity index (χ2v) is 21.3. The monoisotopic (exact) mass is 1040 g/mol. The van der Waals surface area contributed by atoms with Gasteiger partial charge in [-0.3, -0.25) is 29.1 Å². The van der Waals surface area contributed by atoms with Gasteiger partial charge in [0.15, 0.2) is 11.3 Å². The van der Waals surface area contributed by atoms with Gasteiger partial charge in [-0.1, -0.05) is 51.4 Å². The lowest BCUT2D eigenvalue weighted by molar-refractivity contribution is -0.147. The van der Waals surface area contributed by atoms with Gasteiger partial charge in [0.25, 0.3) is 17.7 Å². The molecular formula is C54H61ClFN13O6. The van der Waals surface area contributed by atoms with Crippen molar-refractivity contribution in [2.75, 3.05) is 45.8 Å². The Bertz CT molecular complexity index is 3280. The Labute approximate surface area is 438 Å². The SMILES string of the molecule is CC(C)c1cc(-c2ccc(Cl)cc2)nn2cc(C(=O)N3CCN(C(=O)C4CCC(C(=O)O)CC4)CC3(C)C)nc12.Cc1nc(C(=O)N2CCN(C(=O)c3cn4nc(-c5ccc(F)cc5)cc(C(C)C)c4n3)CC2)n[nH]1. The summed E-state index contributed by atoms with van der Waals surface area (Å²) in [4.78, 5) is 84.6. The van der Waals surface area contributed by atoms with E-state index in [0.717, 1.165) is 27.9 Å². The predicted octanol–water partition coefficient (Wildman–Crippen LogP) is 7.81. The number of carbonyl (C=O) groups is 5. The van der Waals surface area contributed by atoms with Crippen LogP contribution in [0.1, 0.15) is 128 Å². The topological polar surface area (TPSA) is 220 Å². The molecule has 1 aliphatic carbocycles. The number of imidazole rings is 2. The van der Waals surface area contributed by atoms with E-state index in [9.17, 15) is 33.5 Å². The van der Waals surface area contributed by atoms with Gasteiger partial charge in [0.2, 0.25) is 11.7 Å². The molecule has 3 fully saturated rings. The van der Waals surface area contributed by atoms with Gasteiger partial charge in [0.05, 0.1) is 35.2 Å². The van der Waals surface area contributed by atoms with E-state index >= 15 is 0 Å². The van der Waals surface area contributed by atoms with Crippen molar-refractivity contribution in [1.82, 2.24) is 64.0 Å². The van der Waals surface area contributed by atoms with Crippen molar-refractivity contribution < 1.29 is 33.5 Å². The molecule has 0 radical (unpaired) electrons. The fourth-order valence-corrected chi connectivity index (χ4v) is 10.3. The largest absolute Gasteiger partial charge is 0.481 e. The third-order valence-electron chi connectivity index (χ3n) is 14.4. The minimum absolute atomic E-state index is 0.0669. The fraction of sp³-hybridized carbons (Fsp3) is 0.426. The molecule has 392 valence electrons. The number of aliphatic carboxylic acids is 1. The Balaban J connectivity index is 0.000000185. The second-order valence-electron chi connectivity index (χ2n) is 20.8. The van der Waals surface area contributed by atoms with E-state index in [0.29, 0.717) is 111 Å². The number of carboxylic acids is 1. The summed E-state index contributed by atoms with van der Waals surface area (Å²) >= 11 is 6.07. The molecule has 4 amide bonds. The van der Waals surface area contributed by atoms with Gasteiger partial charge in [-0.2, -0.15) is 10.2 Å². The van der Waals surface area contributed by atoms with Crippen LogP contribution in [0.4, 0.5) is 4.39 Å². The number of aryl methyl sites for hydroxylation is 1. The number of amides is 4. The van der Waals surface area contributed by atoms with Crippen molar-refractivity contribution in [2.45, 2.75) is 91.5 Å². The fourth-order valence-electron chi connectivity index (χ4n) is 10.1. The molecule has 3 aliphatic rings. The van der Waals surface area contributed by atoms with Gasteiger partial charge in [-0.05, 0) is 107 Å². The lowest BCUT2D eigenvalue weighted by Crippen LogP contribution is -2.62. The highest BCUT2D eigenvalue weighted by Gasteiger charge is 2.42. The summed E-state index contributed by atoms with van der Waals surface area (Å²) in [5, 5.41) is 25.9. The first-order valence-electron chi connectivity index (χ1n) is 25.4. The summed E-state index contributed by atoms with van der Waals surface area (Å²) < 4.78 is 16.7. The van der Waals surface area contributed by atoms with Gasteiger partial charge in [0.1, 0.15) is 23.0 Å². The number of halogens is 2. The molecule has 0 unspecified atom stereocenters. The number of rotatable bonds is 9. The summed E-state index contributed by atoms with van der Waals surface area (Å²) in [5.74, 6) is -1.17. The number of hydrogen-bond donors (Lipinski definition) is 2. The number of aromatic amines is 1. The molecule has 10 rings (SSSR count). The number of carboxylic acid groups (broad SMARTS) is 1. The minimum Gasteiger partial charge on any atom is -0.481 e. The van der Waals surface area contributed by atoms with Crippen LogP contribution in [0.3, 0.4) is 0 Å². The third-order valence-corrected chi connectivity index (χ3v) is 14.6. The summed E-state index contributed by atoms with van der Waals surface area (Å²) in [6, 6.07) is 17.6. The zero-order valence-electron chi connectivity index (χ0n) is 43.1. The van der Waals surface area contributed by atoms with Crippen LogP contribution in [-0.2, 0) is 9.59 Å². The highest BCUT2D eigenvalue weighted by molar-refractivity contribution is 6.30. The van der Waals surface area contributed by atoms with Crippen LogP contribution in [0.25, 0.3) is 33.8 Å². The molecule has 7 heterocycles. The minimum atomic E-state index is -0.775. The maximum atomic E-state index is 13.8. The first-order chi connectivity index (χ1) is 35.7. The average Bonchev–Trinajstić information content (AvgIpc) is 4.16. The standard InChI is InChI=1S/C30H36ClN5O4.C24H25FN8O2/c1-18(2)23-15-24(19-9-11-22(31)12-10-19)33-36-16-25(32-26(23)36)28(38)35-14-13-34(17-30(35,3)4)27(37)20-5-7-21(8-6-20)29(39)40;1-14(2)18-12-19(16-4-6-17(25)7-5-16)30-33-13-20(27-22(18)33)23(34)31-8-10-32(11-9-31)24(35)21-26-15(3)28-29-21/h9-12,15-16,18,20-21H,5-8,13-14,17H2,1-4H3,(H,39,40);4-7,12-14H,8-11H2,1-3H3,(H,26,28,29). The Kier molecular flexibility index (Phi) is 14.9. The van der Waals surface area contributed by atoms with E-state index in [1.807, 2.05) is 69.0 Å². The van der Waals surface area contributed by atoms with Crippen LogP contribution in [0.15, 0.2) is 73.1 Å². The van der Waals surface area contributed by atoms with Crippen LogP contribution >= 0.6 is 11.6 Å². The number of nitrogens with zero attached hydrogens (tertiary/aromatic N) is 12. The van der Waals surface area contributed by atoms with Crippen molar-refractivity contribution in [3.63, 3.8) is 0 Å². The summed E-state index contributed by atoms with van der Waals surface area (Å²) in [6.07, 6.45) is 5.59. The molecule has 2 aromatic carbocycles. The zero-order chi connectivity index (χ0) is 53.5. The molecule has 7 aromatic rings. The second kappa shape index (κ2) is 21.3. The van der Waals surface area contributed by atoms with E-state index in [-0.39, 0.29) is 58.9 Å². The number of benzene rings is 2. The molecule has 2 saturated heterocycles. The number of fused-ring (bicyclic) bond motifs is 2. The van der Waals surface area contributed by atoms with Crippen molar-refractivity contribution >= 4 is 52.5 Å².